The first kappa shape index (κ1) is 15.8. The van der Waals surface area contributed by atoms with E-state index in [0.29, 0.717) is 23.1 Å². The van der Waals surface area contributed by atoms with E-state index in [4.69, 9.17) is 5.26 Å². The molecule has 128 valence electrons. The van der Waals surface area contributed by atoms with Crippen LogP contribution in [0.5, 0.6) is 0 Å². The number of hydrogen-bond donors (Lipinski definition) is 2. The van der Waals surface area contributed by atoms with Crippen molar-refractivity contribution in [1.29, 1.82) is 5.26 Å². The number of aromatic amines is 1. The summed E-state index contributed by atoms with van der Waals surface area (Å²) in [6, 6.07) is 13.4. The second-order valence-electron chi connectivity index (χ2n) is 6.11. The van der Waals surface area contributed by atoms with Gasteiger partial charge in [-0.2, -0.15) is 10.4 Å². The Kier molecular flexibility index (Phi) is 3.86. The van der Waals surface area contributed by atoms with E-state index in [0.717, 1.165) is 16.6 Å². The Hall–Kier alpha value is -3.66. The van der Waals surface area contributed by atoms with Crippen molar-refractivity contribution in [3.8, 4) is 6.07 Å². The maximum absolute atomic E-state index is 12.4. The Morgan fingerprint density at radius 3 is 3.08 bits per heavy atom. The zero-order valence-corrected chi connectivity index (χ0v) is 14.1. The molecule has 4 rings (SSSR count). The highest BCUT2D eigenvalue weighted by Gasteiger charge is 2.17. The van der Waals surface area contributed by atoms with Crippen LogP contribution in [-0.2, 0) is 0 Å². The lowest BCUT2D eigenvalue weighted by molar-refractivity contribution is 0.518. The molecule has 0 fully saturated rings. The molecular weight excluding hydrogens is 328 g/mol. The molecule has 0 amide bonds. The number of pyridine rings is 2. The van der Waals surface area contributed by atoms with Crippen LogP contribution in [0.25, 0.3) is 21.8 Å². The van der Waals surface area contributed by atoms with Crippen molar-refractivity contribution in [2.75, 3.05) is 5.32 Å². The number of anilines is 2. The molecule has 0 aliphatic heterocycles. The van der Waals surface area contributed by atoms with Gasteiger partial charge in [0.2, 0.25) is 0 Å². The molecule has 0 saturated heterocycles. The predicted octanol–water partition coefficient (Wildman–Crippen LogP) is 3.49. The van der Waals surface area contributed by atoms with Crippen LogP contribution in [0, 0.1) is 11.3 Å². The third kappa shape index (κ3) is 2.67. The molecule has 1 aromatic carbocycles. The van der Waals surface area contributed by atoms with E-state index in [1.54, 1.807) is 23.1 Å². The van der Waals surface area contributed by atoms with Crippen LogP contribution in [0.1, 0.15) is 19.4 Å². The molecule has 2 N–H and O–H groups in total. The van der Waals surface area contributed by atoms with E-state index in [9.17, 15) is 4.79 Å². The number of fused-ring (bicyclic) bond motifs is 2. The molecule has 0 radical (unpaired) electrons. The largest absolute Gasteiger partial charge is 0.338 e. The number of nitriles is 1. The van der Waals surface area contributed by atoms with Crippen molar-refractivity contribution in [1.82, 2.24) is 19.7 Å². The highest BCUT2D eigenvalue weighted by Crippen LogP contribution is 2.27. The third-order valence-corrected chi connectivity index (χ3v) is 4.30. The Bertz CT molecular complexity index is 1200. The van der Waals surface area contributed by atoms with E-state index in [-0.39, 0.29) is 11.6 Å². The molecule has 26 heavy (non-hydrogen) atoms. The number of aromatic nitrogens is 4. The fourth-order valence-electron chi connectivity index (χ4n) is 3.03. The van der Waals surface area contributed by atoms with Gasteiger partial charge in [-0.3, -0.25) is 14.5 Å². The highest BCUT2D eigenvalue weighted by atomic mass is 16.1. The molecule has 0 aliphatic carbocycles. The molecule has 3 heterocycles. The fraction of sp³-hybridized carbons (Fsp3) is 0.158. The van der Waals surface area contributed by atoms with Crippen LogP contribution >= 0.6 is 0 Å². The normalized spacial score (nSPS) is 12.2. The van der Waals surface area contributed by atoms with E-state index in [1.807, 2.05) is 37.3 Å². The van der Waals surface area contributed by atoms with Crippen molar-refractivity contribution >= 4 is 33.3 Å². The number of nitrogens with zero attached hydrogens (tertiary/aromatic N) is 4. The van der Waals surface area contributed by atoms with E-state index in [2.05, 4.69) is 26.5 Å². The number of nitrogens with one attached hydrogen (secondary N) is 2. The van der Waals surface area contributed by atoms with Crippen molar-refractivity contribution < 1.29 is 0 Å². The van der Waals surface area contributed by atoms with Gasteiger partial charge in [0, 0.05) is 23.5 Å². The van der Waals surface area contributed by atoms with Crippen LogP contribution in [0.3, 0.4) is 0 Å². The highest BCUT2D eigenvalue weighted by molar-refractivity contribution is 5.92. The minimum absolute atomic E-state index is 0.138. The third-order valence-electron chi connectivity index (χ3n) is 4.30. The summed E-state index contributed by atoms with van der Waals surface area (Å²) in [7, 11) is 0. The first-order chi connectivity index (χ1) is 12.7. The first-order valence-electron chi connectivity index (χ1n) is 8.26. The van der Waals surface area contributed by atoms with Crippen LogP contribution < -0.4 is 10.9 Å². The summed E-state index contributed by atoms with van der Waals surface area (Å²) in [5.74, 6) is 0.467. The van der Waals surface area contributed by atoms with Crippen LogP contribution in [0.15, 0.2) is 53.6 Å². The molecule has 4 aromatic rings. The molecule has 0 spiro atoms. The molecule has 3 aromatic heterocycles. The minimum atomic E-state index is -0.220. The lowest BCUT2D eigenvalue weighted by Crippen LogP contribution is -2.08. The lowest BCUT2D eigenvalue weighted by Gasteiger charge is -2.09. The second-order valence-corrected chi connectivity index (χ2v) is 6.11. The summed E-state index contributed by atoms with van der Waals surface area (Å²) in [6.07, 6.45) is 3.65. The average molecular weight is 344 g/mol. The molecule has 7 heteroatoms. The average Bonchev–Trinajstić information content (AvgIpc) is 3.02. The molecule has 7 nitrogen and oxygen atoms in total. The SMILES string of the molecule is C[C@@H](CC#N)n1nc(Nc2ccc3ncccc3c2)c2c(=O)[nH]ccc21. The van der Waals surface area contributed by atoms with Crippen LogP contribution in [0.2, 0.25) is 0 Å². The van der Waals surface area contributed by atoms with Crippen molar-refractivity contribution in [2.24, 2.45) is 0 Å². The Morgan fingerprint density at radius 2 is 2.23 bits per heavy atom. The van der Waals surface area contributed by atoms with E-state index < -0.39 is 0 Å². The number of benzene rings is 1. The van der Waals surface area contributed by atoms with E-state index >= 15 is 0 Å². The predicted molar refractivity (Wildman–Crippen MR) is 100 cm³/mol. The van der Waals surface area contributed by atoms with Gasteiger partial charge in [-0.25, -0.2) is 0 Å². The molecule has 0 saturated carbocycles. The summed E-state index contributed by atoms with van der Waals surface area (Å²) in [4.78, 5) is 19.4. The number of H-pyrrole nitrogens is 1. The zero-order valence-electron chi connectivity index (χ0n) is 14.1. The molecule has 1 atom stereocenters. The van der Waals surface area contributed by atoms with Gasteiger partial charge >= 0.3 is 0 Å². The van der Waals surface area contributed by atoms with Gasteiger partial charge in [0.05, 0.1) is 29.6 Å². The van der Waals surface area contributed by atoms with Crippen molar-refractivity contribution in [2.45, 2.75) is 19.4 Å². The van der Waals surface area contributed by atoms with Gasteiger partial charge in [0.1, 0.15) is 5.39 Å². The molecule has 0 bridgehead atoms. The summed E-state index contributed by atoms with van der Waals surface area (Å²) in [6.45, 7) is 1.91. The maximum Gasteiger partial charge on any atom is 0.261 e. The molecule has 0 aliphatic rings. The first-order valence-corrected chi connectivity index (χ1v) is 8.26. The fourth-order valence-corrected chi connectivity index (χ4v) is 3.03. The Labute approximate surface area is 148 Å². The van der Waals surface area contributed by atoms with Crippen LogP contribution in [0.4, 0.5) is 11.5 Å². The van der Waals surface area contributed by atoms with Crippen molar-refractivity contribution in [3.05, 3.63) is 59.1 Å². The maximum atomic E-state index is 12.4. The van der Waals surface area contributed by atoms with E-state index in [1.165, 1.54) is 0 Å². The standard InChI is InChI=1S/C19H16N6O/c1-12(6-8-20)25-16-7-10-22-19(26)17(16)18(24-25)23-14-4-5-15-13(11-14)3-2-9-21-15/h2-5,7,9-12H,6H2,1H3,(H,22,26)(H,23,24)/t12-/m0/s1. The van der Waals surface area contributed by atoms with Gasteiger partial charge in [-0.1, -0.05) is 6.07 Å². The summed E-state index contributed by atoms with van der Waals surface area (Å²) in [5.41, 5.74) is 2.19. The lowest BCUT2D eigenvalue weighted by atomic mass is 10.2. The number of rotatable bonds is 4. The quantitative estimate of drug-likeness (QED) is 0.590. The van der Waals surface area contributed by atoms with Gasteiger partial charge in [0.15, 0.2) is 5.82 Å². The van der Waals surface area contributed by atoms with Gasteiger partial charge in [-0.05, 0) is 37.3 Å². The summed E-state index contributed by atoms with van der Waals surface area (Å²) >= 11 is 0. The summed E-state index contributed by atoms with van der Waals surface area (Å²) < 4.78 is 1.72. The summed E-state index contributed by atoms with van der Waals surface area (Å²) in [5, 5.41) is 18.3. The zero-order chi connectivity index (χ0) is 18.1. The Balaban J connectivity index is 1.82. The molecular formula is C19H16N6O. The molecule has 0 unspecified atom stereocenters. The monoisotopic (exact) mass is 344 g/mol. The number of hydrogen-bond acceptors (Lipinski definition) is 5. The van der Waals surface area contributed by atoms with Crippen LogP contribution in [-0.4, -0.2) is 19.7 Å². The smallest absolute Gasteiger partial charge is 0.261 e. The van der Waals surface area contributed by atoms with Gasteiger partial charge < -0.3 is 10.3 Å². The Morgan fingerprint density at radius 1 is 1.35 bits per heavy atom. The second kappa shape index (κ2) is 6.33. The topological polar surface area (TPSA) is 99.4 Å². The van der Waals surface area contributed by atoms with Gasteiger partial charge in [-0.15, -0.1) is 0 Å². The van der Waals surface area contributed by atoms with Crippen molar-refractivity contribution in [3.63, 3.8) is 0 Å². The minimum Gasteiger partial charge on any atom is -0.338 e. The van der Waals surface area contributed by atoms with Gasteiger partial charge in [0.25, 0.3) is 5.56 Å².